The number of amides is 1. The second-order valence-corrected chi connectivity index (χ2v) is 4.75. The fourth-order valence-corrected chi connectivity index (χ4v) is 2.14. The van der Waals surface area contributed by atoms with Gasteiger partial charge in [0, 0.05) is 19.3 Å². The fraction of sp³-hybridized carbons (Fsp3) is 0.600. The standard InChI is InChI=1S/C15H25N3O/c1-4-6-9-12(8-5-2)18-15(19)13-10-7-11-17-14(13)16-3/h7,10-12H,4-6,8-9H2,1-3H3,(H,16,17)(H,18,19). The van der Waals surface area contributed by atoms with Crippen LogP contribution in [0.3, 0.4) is 0 Å². The van der Waals surface area contributed by atoms with Gasteiger partial charge in [0.2, 0.25) is 0 Å². The fourth-order valence-electron chi connectivity index (χ4n) is 2.14. The summed E-state index contributed by atoms with van der Waals surface area (Å²) in [6.45, 7) is 4.32. The van der Waals surface area contributed by atoms with E-state index in [1.54, 1.807) is 25.4 Å². The van der Waals surface area contributed by atoms with Crippen LogP contribution in [0.4, 0.5) is 5.82 Å². The van der Waals surface area contributed by atoms with Gasteiger partial charge in [-0.05, 0) is 25.0 Å². The van der Waals surface area contributed by atoms with Gasteiger partial charge >= 0.3 is 0 Å². The van der Waals surface area contributed by atoms with Crippen molar-refractivity contribution in [3.8, 4) is 0 Å². The Morgan fingerprint density at radius 2 is 2.11 bits per heavy atom. The number of anilines is 1. The van der Waals surface area contributed by atoms with Crippen molar-refractivity contribution in [2.45, 2.75) is 52.0 Å². The molecule has 0 radical (unpaired) electrons. The van der Waals surface area contributed by atoms with E-state index in [0.717, 1.165) is 32.1 Å². The molecule has 4 heteroatoms. The van der Waals surface area contributed by atoms with Crippen molar-refractivity contribution < 1.29 is 4.79 Å². The van der Waals surface area contributed by atoms with Crippen molar-refractivity contribution in [3.63, 3.8) is 0 Å². The van der Waals surface area contributed by atoms with Gasteiger partial charge in [-0.25, -0.2) is 4.98 Å². The van der Waals surface area contributed by atoms with Crippen molar-refractivity contribution in [1.29, 1.82) is 0 Å². The molecule has 0 saturated carbocycles. The van der Waals surface area contributed by atoms with E-state index in [1.165, 1.54) is 0 Å². The molecule has 1 aromatic rings. The molecule has 4 nitrogen and oxygen atoms in total. The van der Waals surface area contributed by atoms with Gasteiger partial charge in [-0.3, -0.25) is 4.79 Å². The van der Waals surface area contributed by atoms with Gasteiger partial charge < -0.3 is 10.6 Å². The number of carbonyl (C=O) groups excluding carboxylic acids is 1. The average Bonchev–Trinajstić information content (AvgIpc) is 2.44. The number of unbranched alkanes of at least 4 members (excludes halogenated alkanes) is 1. The van der Waals surface area contributed by atoms with Gasteiger partial charge in [-0.1, -0.05) is 33.1 Å². The first-order valence-electron chi connectivity index (χ1n) is 7.16. The van der Waals surface area contributed by atoms with Crippen molar-refractivity contribution in [2.75, 3.05) is 12.4 Å². The minimum atomic E-state index is -0.0352. The maximum atomic E-state index is 12.3. The highest BCUT2D eigenvalue weighted by Crippen LogP contribution is 2.13. The molecule has 1 unspecified atom stereocenters. The van der Waals surface area contributed by atoms with Crippen LogP contribution in [0.1, 0.15) is 56.3 Å². The predicted octanol–water partition coefficient (Wildman–Crippen LogP) is 3.21. The first-order chi connectivity index (χ1) is 9.22. The van der Waals surface area contributed by atoms with Crippen LogP contribution >= 0.6 is 0 Å². The van der Waals surface area contributed by atoms with E-state index in [-0.39, 0.29) is 11.9 Å². The van der Waals surface area contributed by atoms with E-state index in [4.69, 9.17) is 0 Å². The average molecular weight is 263 g/mol. The largest absolute Gasteiger partial charge is 0.372 e. The molecule has 1 heterocycles. The lowest BCUT2D eigenvalue weighted by atomic mass is 10.0. The number of nitrogens with one attached hydrogen (secondary N) is 2. The molecule has 0 saturated heterocycles. The monoisotopic (exact) mass is 263 g/mol. The Morgan fingerprint density at radius 1 is 1.32 bits per heavy atom. The molecular formula is C15H25N3O. The number of aromatic nitrogens is 1. The van der Waals surface area contributed by atoms with Crippen LogP contribution in [0.25, 0.3) is 0 Å². The molecule has 0 aliphatic carbocycles. The molecule has 0 fully saturated rings. The second kappa shape index (κ2) is 8.51. The van der Waals surface area contributed by atoms with Crippen molar-refractivity contribution >= 4 is 11.7 Å². The van der Waals surface area contributed by atoms with E-state index >= 15 is 0 Å². The van der Waals surface area contributed by atoms with Gasteiger partial charge in [0.05, 0.1) is 5.56 Å². The topological polar surface area (TPSA) is 54.0 Å². The lowest BCUT2D eigenvalue weighted by Crippen LogP contribution is -2.35. The Balaban J connectivity index is 2.69. The molecule has 0 aromatic carbocycles. The van der Waals surface area contributed by atoms with Crippen molar-refractivity contribution in [2.24, 2.45) is 0 Å². The zero-order valence-electron chi connectivity index (χ0n) is 12.2. The maximum absolute atomic E-state index is 12.3. The summed E-state index contributed by atoms with van der Waals surface area (Å²) in [5.41, 5.74) is 0.614. The second-order valence-electron chi connectivity index (χ2n) is 4.75. The summed E-state index contributed by atoms with van der Waals surface area (Å²) in [4.78, 5) is 16.4. The van der Waals surface area contributed by atoms with Crippen LogP contribution in [0, 0.1) is 0 Å². The third-order valence-corrected chi connectivity index (χ3v) is 3.17. The molecule has 1 aromatic heterocycles. The molecular weight excluding hydrogens is 238 g/mol. The van der Waals surface area contributed by atoms with Crippen LogP contribution in [-0.2, 0) is 0 Å². The molecule has 106 valence electrons. The summed E-state index contributed by atoms with van der Waals surface area (Å²) in [6.07, 6.45) is 7.15. The molecule has 1 rings (SSSR count). The number of carbonyl (C=O) groups is 1. The van der Waals surface area contributed by atoms with Gasteiger partial charge in [0.1, 0.15) is 5.82 Å². The Hall–Kier alpha value is -1.58. The zero-order chi connectivity index (χ0) is 14.1. The third-order valence-electron chi connectivity index (χ3n) is 3.17. The van der Waals surface area contributed by atoms with E-state index in [2.05, 4.69) is 29.5 Å². The SMILES string of the molecule is CCCCC(CCC)NC(=O)c1cccnc1NC. The number of pyridine rings is 1. The molecule has 2 N–H and O–H groups in total. The summed E-state index contributed by atoms with van der Waals surface area (Å²) >= 11 is 0. The Labute approximate surface area is 116 Å². The summed E-state index contributed by atoms with van der Waals surface area (Å²) in [7, 11) is 1.78. The maximum Gasteiger partial charge on any atom is 0.255 e. The van der Waals surface area contributed by atoms with Crippen LogP contribution in [0.5, 0.6) is 0 Å². The zero-order valence-corrected chi connectivity index (χ0v) is 12.2. The van der Waals surface area contributed by atoms with Gasteiger partial charge in [-0.2, -0.15) is 0 Å². The van der Waals surface area contributed by atoms with E-state index < -0.39 is 0 Å². The van der Waals surface area contributed by atoms with Crippen LogP contribution < -0.4 is 10.6 Å². The third kappa shape index (κ3) is 4.89. The number of nitrogens with zero attached hydrogens (tertiary/aromatic N) is 1. The van der Waals surface area contributed by atoms with Crippen molar-refractivity contribution in [3.05, 3.63) is 23.9 Å². The Kier molecular flexibility index (Phi) is 6.93. The van der Waals surface area contributed by atoms with E-state index in [1.807, 2.05) is 0 Å². The molecule has 19 heavy (non-hydrogen) atoms. The Morgan fingerprint density at radius 3 is 2.74 bits per heavy atom. The molecule has 0 aliphatic rings. The normalized spacial score (nSPS) is 11.9. The number of rotatable bonds is 8. The summed E-state index contributed by atoms with van der Waals surface area (Å²) in [5, 5.41) is 6.08. The molecule has 0 spiro atoms. The van der Waals surface area contributed by atoms with Crippen LogP contribution in [-0.4, -0.2) is 24.0 Å². The highest BCUT2D eigenvalue weighted by Gasteiger charge is 2.15. The molecule has 1 atom stereocenters. The first-order valence-corrected chi connectivity index (χ1v) is 7.16. The minimum absolute atomic E-state index is 0.0352. The van der Waals surface area contributed by atoms with Crippen molar-refractivity contribution in [1.82, 2.24) is 10.3 Å². The lowest BCUT2D eigenvalue weighted by Gasteiger charge is -2.18. The quantitative estimate of drug-likeness (QED) is 0.757. The van der Waals surface area contributed by atoms with Crippen LogP contribution in [0.15, 0.2) is 18.3 Å². The first kappa shape index (κ1) is 15.5. The summed E-state index contributed by atoms with van der Waals surface area (Å²) in [5.74, 6) is 0.595. The predicted molar refractivity (Wildman–Crippen MR) is 79.5 cm³/mol. The smallest absolute Gasteiger partial charge is 0.255 e. The molecule has 1 amide bonds. The van der Waals surface area contributed by atoms with Crippen LogP contribution in [0.2, 0.25) is 0 Å². The Bertz CT molecular complexity index is 393. The highest BCUT2D eigenvalue weighted by atomic mass is 16.1. The molecule has 0 aliphatic heterocycles. The van der Waals surface area contributed by atoms with E-state index in [0.29, 0.717) is 11.4 Å². The number of hydrogen-bond acceptors (Lipinski definition) is 3. The highest BCUT2D eigenvalue weighted by molar-refractivity contribution is 5.98. The molecule has 0 bridgehead atoms. The summed E-state index contributed by atoms with van der Waals surface area (Å²) in [6, 6.07) is 3.86. The van der Waals surface area contributed by atoms with E-state index in [9.17, 15) is 4.79 Å². The number of hydrogen-bond donors (Lipinski definition) is 2. The minimum Gasteiger partial charge on any atom is -0.372 e. The lowest BCUT2D eigenvalue weighted by molar-refractivity contribution is 0.0932. The van der Waals surface area contributed by atoms with Gasteiger partial charge in [0.15, 0.2) is 0 Å². The van der Waals surface area contributed by atoms with Gasteiger partial charge in [0.25, 0.3) is 5.91 Å². The van der Waals surface area contributed by atoms with Gasteiger partial charge in [-0.15, -0.1) is 0 Å². The summed E-state index contributed by atoms with van der Waals surface area (Å²) < 4.78 is 0.